The van der Waals surface area contributed by atoms with Crippen molar-refractivity contribution in [1.82, 2.24) is 0 Å². The lowest BCUT2D eigenvalue weighted by Crippen LogP contribution is -2.00. The molecule has 2 rings (SSSR count). The van der Waals surface area contributed by atoms with Crippen molar-refractivity contribution in [2.24, 2.45) is 0 Å². The van der Waals surface area contributed by atoms with Crippen LogP contribution in [0.15, 0.2) is 45.3 Å². The molecular weight excluding hydrogens is 374 g/mol. The number of rotatable bonds is 4. The molecule has 0 aliphatic carbocycles. The minimum atomic E-state index is 0.222. The quantitative estimate of drug-likeness (QED) is 0.810. The molecule has 0 fully saturated rings. The molecular formula is C14H13Br2NO2. The second-order valence-electron chi connectivity index (χ2n) is 3.97. The molecule has 0 aliphatic heterocycles. The number of phenolic OH excluding ortho intramolecular Hbond substituents is 1. The summed E-state index contributed by atoms with van der Waals surface area (Å²) in [5.74, 6) is 0.867. The van der Waals surface area contributed by atoms with Gasteiger partial charge in [-0.1, -0.05) is 15.9 Å². The average molecular weight is 387 g/mol. The normalized spacial score (nSPS) is 10.3. The van der Waals surface area contributed by atoms with Crippen LogP contribution in [0.2, 0.25) is 0 Å². The fraction of sp³-hybridized carbons (Fsp3) is 0.143. The third-order valence-corrected chi connectivity index (χ3v) is 3.84. The highest BCUT2D eigenvalue weighted by Gasteiger charge is 2.05. The first-order valence-corrected chi connectivity index (χ1v) is 7.23. The highest BCUT2D eigenvalue weighted by atomic mass is 79.9. The van der Waals surface area contributed by atoms with Crippen molar-refractivity contribution in [3.8, 4) is 11.5 Å². The van der Waals surface area contributed by atoms with Gasteiger partial charge in [-0.05, 0) is 46.3 Å². The Morgan fingerprint density at radius 3 is 2.58 bits per heavy atom. The predicted octanol–water partition coefficient (Wildman–Crippen LogP) is 4.54. The number of ether oxygens (including phenoxy) is 1. The van der Waals surface area contributed by atoms with E-state index >= 15 is 0 Å². The standard InChI is InChI=1S/C14H13Br2NO2/c1-19-11-4-2-9(14(18)7-11)8-17-13-5-3-10(15)6-12(13)16/h2-7,17-18H,8H2,1H3. The number of aromatic hydroxyl groups is 1. The minimum Gasteiger partial charge on any atom is -0.507 e. The minimum absolute atomic E-state index is 0.222. The molecule has 2 N–H and O–H groups in total. The molecule has 0 radical (unpaired) electrons. The zero-order valence-corrected chi connectivity index (χ0v) is 13.5. The molecule has 0 aliphatic rings. The number of nitrogens with one attached hydrogen (secondary N) is 1. The SMILES string of the molecule is COc1ccc(CNc2ccc(Br)cc2Br)c(O)c1. The summed E-state index contributed by atoms with van der Waals surface area (Å²) in [6, 6.07) is 11.2. The van der Waals surface area contributed by atoms with Gasteiger partial charge in [0.2, 0.25) is 0 Å². The van der Waals surface area contributed by atoms with E-state index in [1.165, 1.54) is 0 Å². The number of hydrogen-bond acceptors (Lipinski definition) is 3. The fourth-order valence-electron chi connectivity index (χ4n) is 1.64. The van der Waals surface area contributed by atoms with Gasteiger partial charge in [-0.3, -0.25) is 0 Å². The maximum absolute atomic E-state index is 9.87. The summed E-state index contributed by atoms with van der Waals surface area (Å²) < 4.78 is 7.03. The molecule has 2 aromatic rings. The van der Waals surface area contributed by atoms with Crippen LogP contribution in [0.3, 0.4) is 0 Å². The smallest absolute Gasteiger partial charge is 0.124 e. The van der Waals surface area contributed by atoms with E-state index in [2.05, 4.69) is 37.2 Å². The van der Waals surface area contributed by atoms with E-state index in [1.54, 1.807) is 13.2 Å². The van der Waals surface area contributed by atoms with Gasteiger partial charge in [0.05, 0.1) is 7.11 Å². The molecule has 0 aromatic heterocycles. The molecule has 19 heavy (non-hydrogen) atoms. The topological polar surface area (TPSA) is 41.5 Å². The van der Waals surface area contributed by atoms with Crippen molar-refractivity contribution in [2.75, 3.05) is 12.4 Å². The molecule has 2 aromatic carbocycles. The summed E-state index contributed by atoms with van der Waals surface area (Å²) in [5.41, 5.74) is 1.79. The van der Waals surface area contributed by atoms with Gasteiger partial charge in [-0.2, -0.15) is 0 Å². The van der Waals surface area contributed by atoms with Crippen molar-refractivity contribution in [2.45, 2.75) is 6.54 Å². The number of anilines is 1. The Kier molecular flexibility index (Phi) is 4.71. The summed E-state index contributed by atoms with van der Waals surface area (Å²) in [7, 11) is 1.58. The molecule has 0 saturated heterocycles. The van der Waals surface area contributed by atoms with Crippen LogP contribution in [0.5, 0.6) is 11.5 Å². The Labute approximate surface area is 128 Å². The van der Waals surface area contributed by atoms with Gasteiger partial charge in [0.15, 0.2) is 0 Å². The van der Waals surface area contributed by atoms with E-state index < -0.39 is 0 Å². The van der Waals surface area contributed by atoms with Gasteiger partial charge < -0.3 is 15.2 Å². The third kappa shape index (κ3) is 3.64. The first-order chi connectivity index (χ1) is 9.10. The van der Waals surface area contributed by atoms with Crippen LogP contribution in [-0.2, 0) is 6.54 Å². The monoisotopic (exact) mass is 385 g/mol. The second-order valence-corrected chi connectivity index (χ2v) is 5.74. The summed E-state index contributed by atoms with van der Waals surface area (Å²) in [5, 5.41) is 13.1. The lowest BCUT2D eigenvalue weighted by Gasteiger charge is -2.11. The van der Waals surface area contributed by atoms with E-state index in [1.807, 2.05) is 30.3 Å². The highest BCUT2D eigenvalue weighted by molar-refractivity contribution is 9.11. The molecule has 0 heterocycles. The Bertz CT molecular complexity index is 588. The molecule has 0 saturated carbocycles. The Morgan fingerprint density at radius 1 is 1.16 bits per heavy atom. The highest BCUT2D eigenvalue weighted by Crippen LogP contribution is 2.28. The fourth-order valence-corrected chi connectivity index (χ4v) is 2.83. The summed E-state index contributed by atoms with van der Waals surface area (Å²) in [4.78, 5) is 0. The molecule has 100 valence electrons. The summed E-state index contributed by atoms with van der Waals surface area (Å²) in [6.07, 6.45) is 0. The Balaban J connectivity index is 2.10. The van der Waals surface area contributed by atoms with Crippen molar-refractivity contribution in [3.63, 3.8) is 0 Å². The number of halogens is 2. The van der Waals surface area contributed by atoms with Gasteiger partial charge in [0, 0.05) is 32.8 Å². The van der Waals surface area contributed by atoms with Crippen LogP contribution in [0.1, 0.15) is 5.56 Å². The Morgan fingerprint density at radius 2 is 1.95 bits per heavy atom. The summed E-state index contributed by atoms with van der Waals surface area (Å²) >= 11 is 6.90. The van der Waals surface area contributed by atoms with Gasteiger partial charge in [-0.25, -0.2) is 0 Å². The first-order valence-electron chi connectivity index (χ1n) is 5.65. The lowest BCUT2D eigenvalue weighted by molar-refractivity contribution is 0.406. The van der Waals surface area contributed by atoms with Gasteiger partial charge in [0.1, 0.15) is 11.5 Å². The van der Waals surface area contributed by atoms with Crippen LogP contribution >= 0.6 is 31.9 Å². The van der Waals surface area contributed by atoms with Crippen LogP contribution in [0.25, 0.3) is 0 Å². The average Bonchev–Trinajstić information content (AvgIpc) is 2.39. The van der Waals surface area contributed by atoms with Gasteiger partial charge >= 0.3 is 0 Å². The van der Waals surface area contributed by atoms with E-state index in [0.29, 0.717) is 12.3 Å². The largest absolute Gasteiger partial charge is 0.507 e. The molecule has 0 unspecified atom stereocenters. The zero-order valence-electron chi connectivity index (χ0n) is 10.3. The van der Waals surface area contributed by atoms with Crippen molar-refractivity contribution < 1.29 is 9.84 Å². The van der Waals surface area contributed by atoms with Crippen LogP contribution < -0.4 is 10.1 Å². The number of phenols is 1. The Hall–Kier alpha value is -1.20. The number of benzene rings is 2. The number of hydrogen-bond donors (Lipinski definition) is 2. The van der Waals surface area contributed by atoms with Crippen LogP contribution in [0, 0.1) is 0 Å². The van der Waals surface area contributed by atoms with E-state index in [4.69, 9.17) is 4.74 Å². The van der Waals surface area contributed by atoms with Crippen molar-refractivity contribution >= 4 is 37.5 Å². The first kappa shape index (κ1) is 14.2. The summed E-state index contributed by atoms with van der Waals surface area (Å²) in [6.45, 7) is 0.538. The molecule has 0 bridgehead atoms. The predicted molar refractivity (Wildman–Crippen MR) is 83.8 cm³/mol. The maximum atomic E-state index is 9.87. The maximum Gasteiger partial charge on any atom is 0.124 e. The van der Waals surface area contributed by atoms with Crippen molar-refractivity contribution in [1.29, 1.82) is 0 Å². The molecule has 0 amide bonds. The molecule has 0 spiro atoms. The van der Waals surface area contributed by atoms with E-state index in [9.17, 15) is 5.11 Å². The van der Waals surface area contributed by atoms with Crippen molar-refractivity contribution in [3.05, 3.63) is 50.9 Å². The van der Waals surface area contributed by atoms with Crippen LogP contribution in [-0.4, -0.2) is 12.2 Å². The van der Waals surface area contributed by atoms with E-state index in [0.717, 1.165) is 20.2 Å². The van der Waals surface area contributed by atoms with Crippen LogP contribution in [0.4, 0.5) is 5.69 Å². The molecule has 0 atom stereocenters. The lowest BCUT2D eigenvalue weighted by atomic mass is 10.2. The van der Waals surface area contributed by atoms with Gasteiger partial charge in [0.25, 0.3) is 0 Å². The molecule has 5 heteroatoms. The molecule has 3 nitrogen and oxygen atoms in total. The number of methoxy groups -OCH3 is 1. The van der Waals surface area contributed by atoms with E-state index in [-0.39, 0.29) is 5.75 Å². The second kappa shape index (κ2) is 6.30. The zero-order chi connectivity index (χ0) is 13.8. The third-order valence-electron chi connectivity index (χ3n) is 2.69. The van der Waals surface area contributed by atoms with Gasteiger partial charge in [-0.15, -0.1) is 0 Å².